The van der Waals surface area contributed by atoms with Crippen molar-refractivity contribution in [1.82, 2.24) is 14.7 Å². The Hall–Kier alpha value is -2.95. The van der Waals surface area contributed by atoms with Crippen LogP contribution in [-0.2, 0) is 13.6 Å². The third kappa shape index (κ3) is 2.93. The van der Waals surface area contributed by atoms with Gasteiger partial charge < -0.3 is 4.90 Å². The average Bonchev–Trinajstić information content (AvgIpc) is 2.59. The number of amides is 1. The molecule has 1 amide bonds. The molecule has 5 nitrogen and oxygen atoms in total. The summed E-state index contributed by atoms with van der Waals surface area (Å²) in [6.45, 7) is 2.51. The zero-order chi connectivity index (χ0) is 17.3. The highest BCUT2D eigenvalue weighted by molar-refractivity contribution is 6.04. The first-order chi connectivity index (χ1) is 11.5. The van der Waals surface area contributed by atoms with Gasteiger partial charge in [-0.25, -0.2) is 4.68 Å². The quantitative estimate of drug-likeness (QED) is 0.745. The monoisotopic (exact) mass is 321 g/mol. The summed E-state index contributed by atoms with van der Waals surface area (Å²) in [5, 5.41) is 5.28. The first kappa shape index (κ1) is 15.9. The van der Waals surface area contributed by atoms with Gasteiger partial charge in [0.15, 0.2) is 5.69 Å². The Bertz CT molecular complexity index is 959. The standard InChI is InChI=1S/C19H19N3O2/c1-13-8-10-14(11-9-13)12-21(2)19(24)17-15-6-4-5-7-16(15)18(23)22(3)20-17/h4-11H,12H2,1-3H3. The van der Waals surface area contributed by atoms with Crippen molar-refractivity contribution in [3.63, 3.8) is 0 Å². The lowest BCUT2D eigenvalue weighted by Gasteiger charge is -2.18. The fourth-order valence-electron chi connectivity index (χ4n) is 2.68. The molecule has 0 saturated carbocycles. The molecule has 0 aliphatic carbocycles. The Morgan fingerprint density at radius 2 is 1.71 bits per heavy atom. The largest absolute Gasteiger partial charge is 0.336 e. The van der Waals surface area contributed by atoms with Gasteiger partial charge in [0.2, 0.25) is 0 Å². The van der Waals surface area contributed by atoms with E-state index in [2.05, 4.69) is 5.10 Å². The smallest absolute Gasteiger partial charge is 0.274 e. The van der Waals surface area contributed by atoms with E-state index in [0.717, 1.165) is 5.56 Å². The van der Waals surface area contributed by atoms with Gasteiger partial charge in [0.1, 0.15) is 0 Å². The molecule has 0 atom stereocenters. The minimum absolute atomic E-state index is 0.205. The topological polar surface area (TPSA) is 55.2 Å². The fraction of sp³-hybridized carbons (Fsp3) is 0.211. The highest BCUT2D eigenvalue weighted by Crippen LogP contribution is 2.16. The Balaban J connectivity index is 1.97. The molecule has 0 saturated heterocycles. The van der Waals surface area contributed by atoms with Gasteiger partial charge in [0.05, 0.1) is 5.39 Å². The van der Waals surface area contributed by atoms with E-state index in [9.17, 15) is 9.59 Å². The Kier molecular flexibility index (Phi) is 4.16. The summed E-state index contributed by atoms with van der Waals surface area (Å²) < 4.78 is 1.22. The van der Waals surface area contributed by atoms with Crippen molar-refractivity contribution in [2.24, 2.45) is 7.05 Å². The summed E-state index contributed by atoms with van der Waals surface area (Å²) in [5.74, 6) is -0.206. The Morgan fingerprint density at radius 1 is 1.08 bits per heavy atom. The normalized spacial score (nSPS) is 10.8. The van der Waals surface area contributed by atoms with E-state index in [4.69, 9.17) is 0 Å². The number of hydrogen-bond donors (Lipinski definition) is 0. The van der Waals surface area contributed by atoms with E-state index >= 15 is 0 Å². The van der Waals surface area contributed by atoms with Crippen LogP contribution < -0.4 is 5.56 Å². The molecule has 0 aliphatic heterocycles. The highest BCUT2D eigenvalue weighted by atomic mass is 16.2. The molecular formula is C19H19N3O2. The van der Waals surface area contributed by atoms with Crippen LogP contribution in [0, 0.1) is 6.92 Å². The third-order valence-corrected chi connectivity index (χ3v) is 4.05. The van der Waals surface area contributed by atoms with Crippen molar-refractivity contribution in [2.75, 3.05) is 7.05 Å². The van der Waals surface area contributed by atoms with Crippen molar-refractivity contribution >= 4 is 16.7 Å². The van der Waals surface area contributed by atoms with E-state index in [-0.39, 0.29) is 11.5 Å². The molecular weight excluding hydrogens is 302 g/mol. The van der Waals surface area contributed by atoms with Gasteiger partial charge >= 0.3 is 0 Å². The molecule has 24 heavy (non-hydrogen) atoms. The maximum absolute atomic E-state index is 12.8. The molecule has 2 aromatic carbocycles. The first-order valence-electron chi connectivity index (χ1n) is 7.74. The van der Waals surface area contributed by atoms with Crippen LogP contribution >= 0.6 is 0 Å². The van der Waals surface area contributed by atoms with Crippen LogP contribution in [0.2, 0.25) is 0 Å². The van der Waals surface area contributed by atoms with Crippen LogP contribution in [0.5, 0.6) is 0 Å². The minimum atomic E-state index is -0.206. The van der Waals surface area contributed by atoms with Crippen molar-refractivity contribution in [1.29, 1.82) is 0 Å². The highest BCUT2D eigenvalue weighted by Gasteiger charge is 2.19. The lowest BCUT2D eigenvalue weighted by molar-refractivity contribution is 0.0779. The molecule has 0 N–H and O–H groups in total. The molecule has 122 valence electrons. The number of aryl methyl sites for hydroxylation is 2. The average molecular weight is 321 g/mol. The van der Waals surface area contributed by atoms with Crippen LogP contribution in [0.3, 0.4) is 0 Å². The van der Waals surface area contributed by atoms with Gasteiger partial charge in [-0.3, -0.25) is 9.59 Å². The number of benzene rings is 2. The summed E-state index contributed by atoms with van der Waals surface area (Å²) in [6.07, 6.45) is 0. The molecule has 0 aliphatic rings. The van der Waals surface area contributed by atoms with E-state index in [0.29, 0.717) is 23.0 Å². The summed E-state index contributed by atoms with van der Waals surface area (Å²) >= 11 is 0. The second-order valence-corrected chi connectivity index (χ2v) is 5.97. The fourth-order valence-corrected chi connectivity index (χ4v) is 2.68. The number of aromatic nitrogens is 2. The van der Waals surface area contributed by atoms with E-state index in [1.807, 2.05) is 31.2 Å². The molecule has 5 heteroatoms. The summed E-state index contributed by atoms with van der Waals surface area (Å²) in [5.41, 5.74) is 2.31. The number of hydrogen-bond acceptors (Lipinski definition) is 3. The Morgan fingerprint density at radius 3 is 2.38 bits per heavy atom. The SMILES string of the molecule is Cc1ccc(CN(C)C(=O)c2nn(C)c(=O)c3ccccc23)cc1. The summed E-state index contributed by atoms with van der Waals surface area (Å²) in [6, 6.07) is 15.1. The number of nitrogens with zero attached hydrogens (tertiary/aromatic N) is 3. The molecule has 3 rings (SSSR count). The number of carbonyl (C=O) groups is 1. The van der Waals surface area contributed by atoms with Crippen molar-refractivity contribution in [3.8, 4) is 0 Å². The number of rotatable bonds is 3. The second-order valence-electron chi connectivity index (χ2n) is 5.97. The molecule has 1 heterocycles. The van der Waals surface area contributed by atoms with Crippen LogP contribution in [0.15, 0.2) is 53.3 Å². The minimum Gasteiger partial charge on any atom is -0.336 e. The van der Waals surface area contributed by atoms with E-state index in [1.54, 1.807) is 43.3 Å². The molecule has 0 unspecified atom stereocenters. The summed E-state index contributed by atoms with van der Waals surface area (Å²) in [4.78, 5) is 26.6. The van der Waals surface area contributed by atoms with Crippen LogP contribution in [-0.4, -0.2) is 27.6 Å². The van der Waals surface area contributed by atoms with Crippen LogP contribution in [0.4, 0.5) is 0 Å². The van der Waals surface area contributed by atoms with Gasteiger partial charge in [-0.1, -0.05) is 48.0 Å². The first-order valence-corrected chi connectivity index (χ1v) is 7.74. The van der Waals surface area contributed by atoms with Gasteiger partial charge in [-0.2, -0.15) is 5.10 Å². The number of fused-ring (bicyclic) bond motifs is 1. The zero-order valence-electron chi connectivity index (χ0n) is 14.0. The molecule has 3 aromatic rings. The maximum atomic E-state index is 12.8. The zero-order valence-corrected chi connectivity index (χ0v) is 14.0. The van der Waals surface area contributed by atoms with Crippen molar-refractivity contribution in [3.05, 3.63) is 75.7 Å². The lowest BCUT2D eigenvalue weighted by atomic mass is 10.1. The molecule has 0 bridgehead atoms. The maximum Gasteiger partial charge on any atom is 0.274 e. The predicted octanol–water partition coefficient (Wildman–Crippen LogP) is 2.51. The van der Waals surface area contributed by atoms with Gasteiger partial charge in [-0.15, -0.1) is 0 Å². The van der Waals surface area contributed by atoms with Crippen LogP contribution in [0.25, 0.3) is 10.8 Å². The van der Waals surface area contributed by atoms with Crippen molar-refractivity contribution in [2.45, 2.75) is 13.5 Å². The van der Waals surface area contributed by atoms with Crippen molar-refractivity contribution < 1.29 is 4.79 Å². The van der Waals surface area contributed by atoms with Crippen LogP contribution in [0.1, 0.15) is 21.6 Å². The van der Waals surface area contributed by atoms with Gasteiger partial charge in [-0.05, 0) is 18.6 Å². The lowest BCUT2D eigenvalue weighted by Crippen LogP contribution is -2.30. The van der Waals surface area contributed by atoms with E-state index < -0.39 is 0 Å². The summed E-state index contributed by atoms with van der Waals surface area (Å²) in [7, 11) is 3.30. The van der Waals surface area contributed by atoms with E-state index in [1.165, 1.54) is 10.2 Å². The van der Waals surface area contributed by atoms with Gasteiger partial charge in [0.25, 0.3) is 11.5 Å². The molecule has 1 aromatic heterocycles. The predicted molar refractivity (Wildman–Crippen MR) is 94.0 cm³/mol. The second kappa shape index (κ2) is 6.28. The molecule has 0 fully saturated rings. The van der Waals surface area contributed by atoms with Gasteiger partial charge in [0, 0.05) is 26.0 Å². The molecule has 0 radical (unpaired) electrons. The molecule has 0 spiro atoms. The Labute approximate surface area is 140 Å². The number of carbonyl (C=O) groups excluding carboxylic acids is 1. The third-order valence-electron chi connectivity index (χ3n) is 4.05.